The van der Waals surface area contributed by atoms with Gasteiger partial charge in [-0.25, -0.2) is 4.18 Å². The first kappa shape index (κ1) is 26.6. The van der Waals surface area contributed by atoms with E-state index in [1.807, 2.05) is 0 Å². The van der Waals surface area contributed by atoms with Crippen LogP contribution in [0.1, 0.15) is 84.0 Å². The smallest absolute Gasteiger partial charge is 0.862 e. The van der Waals surface area contributed by atoms with E-state index in [9.17, 15) is 13.5 Å². The zero-order valence-corrected chi connectivity index (χ0v) is 18.2. The second kappa shape index (κ2) is 18.1. The van der Waals surface area contributed by atoms with Gasteiger partial charge in [-0.2, -0.15) is 8.42 Å². The van der Waals surface area contributed by atoms with Gasteiger partial charge in [0.05, 0.1) is 6.61 Å². The van der Waals surface area contributed by atoms with Gasteiger partial charge in [0.15, 0.2) is 0 Å². The van der Waals surface area contributed by atoms with Crippen LogP contribution in [0.5, 0.6) is 0 Å². The summed E-state index contributed by atoms with van der Waals surface area (Å²) in [5.41, 5.74) is 0. The fourth-order valence-electron chi connectivity index (χ4n) is 2.27. The topological polar surface area (TPSA) is 99.0 Å². The molecule has 0 aromatic rings. The fraction of sp³-hybridized carbons (Fsp3) is 0.938. The van der Waals surface area contributed by atoms with Crippen molar-refractivity contribution in [3.05, 3.63) is 0 Å². The Morgan fingerprint density at radius 1 is 0.958 bits per heavy atom. The minimum atomic E-state index is -4.40. The summed E-state index contributed by atoms with van der Waals surface area (Å²) in [4.78, 5) is 3.92. The zero-order chi connectivity index (χ0) is 17.4. The first-order valence-electron chi connectivity index (χ1n) is 8.78. The van der Waals surface area contributed by atoms with E-state index < -0.39 is 10.4 Å². The van der Waals surface area contributed by atoms with Crippen LogP contribution in [0.2, 0.25) is 0 Å². The maximum Gasteiger partial charge on any atom is 1.00 e. The van der Waals surface area contributed by atoms with E-state index in [1.165, 1.54) is 51.4 Å². The van der Waals surface area contributed by atoms with Gasteiger partial charge in [0, 0.05) is 6.54 Å². The molecule has 0 aliphatic heterocycles. The Labute approximate surface area is 169 Å². The van der Waals surface area contributed by atoms with E-state index in [1.54, 1.807) is 0 Å². The van der Waals surface area contributed by atoms with E-state index in [0.717, 1.165) is 12.8 Å². The first-order valence-corrected chi connectivity index (χ1v) is 10.1. The molecular formula is C16H32NNaO5S. The van der Waals surface area contributed by atoms with Gasteiger partial charge in [0.25, 0.3) is 0 Å². The van der Waals surface area contributed by atoms with Crippen molar-refractivity contribution in [1.29, 1.82) is 0 Å². The standard InChI is InChI=1S/C16H33NO5S.Na/c1-2-3-4-5-6-7-8-9-10-11-14-17-16(18)13-12-15-22-23(19,20)21;/h2-15H2,1H3,(H,17,18)(H,19,20,21);/q;+1/p-1. The molecule has 0 rings (SSSR count). The van der Waals surface area contributed by atoms with Gasteiger partial charge in [0.2, 0.25) is 0 Å². The molecule has 0 bridgehead atoms. The second-order valence-electron chi connectivity index (χ2n) is 5.81. The summed E-state index contributed by atoms with van der Waals surface area (Å²) in [5, 5.41) is 11.4. The summed E-state index contributed by atoms with van der Waals surface area (Å²) in [6.07, 6.45) is 12.8. The number of hydrogen-bond donors (Lipinski definition) is 1. The Hall–Kier alpha value is 0.340. The van der Waals surface area contributed by atoms with Gasteiger partial charge in [-0.05, 0) is 25.2 Å². The fourth-order valence-corrected chi connectivity index (χ4v) is 2.60. The minimum absolute atomic E-state index is 0. The van der Waals surface area contributed by atoms with Crippen LogP contribution in [0, 0.1) is 0 Å². The third-order valence-electron chi connectivity index (χ3n) is 3.57. The monoisotopic (exact) mass is 373 g/mol. The molecule has 0 radical (unpaired) electrons. The molecular weight excluding hydrogens is 341 g/mol. The molecule has 0 aliphatic rings. The van der Waals surface area contributed by atoms with Crippen molar-refractivity contribution in [2.45, 2.75) is 84.0 Å². The van der Waals surface area contributed by atoms with Crippen molar-refractivity contribution in [3.8, 4) is 0 Å². The summed E-state index contributed by atoms with van der Waals surface area (Å²) < 4.78 is 33.0. The van der Waals surface area contributed by atoms with Crippen LogP contribution in [-0.4, -0.2) is 32.0 Å². The number of aliphatic imine (C=N–C) groups is 1. The average Bonchev–Trinajstić information content (AvgIpc) is 2.48. The Kier molecular flexibility index (Phi) is 20.1. The van der Waals surface area contributed by atoms with E-state index in [-0.39, 0.29) is 54.9 Å². The summed E-state index contributed by atoms with van der Waals surface area (Å²) in [6.45, 7) is 2.57. The Balaban J connectivity index is 0. The molecule has 6 nitrogen and oxygen atoms in total. The molecule has 138 valence electrons. The van der Waals surface area contributed by atoms with E-state index in [0.29, 0.717) is 6.54 Å². The third-order valence-corrected chi connectivity index (χ3v) is 4.03. The van der Waals surface area contributed by atoms with Gasteiger partial charge >= 0.3 is 40.0 Å². The maximum absolute atomic E-state index is 11.4. The van der Waals surface area contributed by atoms with Crippen molar-refractivity contribution in [2.75, 3.05) is 13.2 Å². The molecule has 0 heterocycles. The van der Waals surface area contributed by atoms with Gasteiger partial charge in [-0.1, -0.05) is 64.7 Å². The van der Waals surface area contributed by atoms with Gasteiger partial charge in [0.1, 0.15) is 0 Å². The van der Waals surface area contributed by atoms with Gasteiger partial charge < -0.3 is 10.1 Å². The van der Waals surface area contributed by atoms with Crippen LogP contribution >= 0.6 is 0 Å². The predicted molar refractivity (Wildman–Crippen MR) is 90.9 cm³/mol. The molecule has 0 fully saturated rings. The molecule has 0 saturated carbocycles. The van der Waals surface area contributed by atoms with Crippen molar-refractivity contribution in [2.24, 2.45) is 4.99 Å². The summed E-state index contributed by atoms with van der Waals surface area (Å²) in [5.74, 6) is -0.236. The van der Waals surface area contributed by atoms with Crippen molar-refractivity contribution in [3.63, 3.8) is 0 Å². The third kappa shape index (κ3) is 22.3. The van der Waals surface area contributed by atoms with Crippen LogP contribution in [0.4, 0.5) is 0 Å². The van der Waals surface area contributed by atoms with Crippen molar-refractivity contribution >= 4 is 16.3 Å². The largest absolute Gasteiger partial charge is 1.00 e. The molecule has 0 aliphatic carbocycles. The molecule has 0 unspecified atom stereocenters. The van der Waals surface area contributed by atoms with Gasteiger partial charge in [-0.3, -0.25) is 4.55 Å². The average molecular weight is 373 g/mol. The minimum Gasteiger partial charge on any atom is -0.862 e. The van der Waals surface area contributed by atoms with Crippen LogP contribution in [0.15, 0.2) is 4.99 Å². The maximum atomic E-state index is 11.4. The SMILES string of the molecule is CCCCCCCCCCCCN=C([O-])CCCOS(=O)(=O)O.[Na+]. The number of unbranched alkanes of at least 4 members (excludes halogenated alkanes) is 9. The summed E-state index contributed by atoms with van der Waals surface area (Å²) in [7, 11) is -4.40. The molecule has 8 heteroatoms. The molecule has 0 aromatic heterocycles. The second-order valence-corrected chi connectivity index (χ2v) is 6.90. The van der Waals surface area contributed by atoms with Crippen LogP contribution in [0.3, 0.4) is 0 Å². The Morgan fingerprint density at radius 3 is 1.96 bits per heavy atom. The number of rotatable bonds is 16. The Bertz CT molecular complexity index is 401. The van der Waals surface area contributed by atoms with Crippen LogP contribution < -0.4 is 34.7 Å². The predicted octanol–water partition coefficient (Wildman–Crippen LogP) is 0.270. The van der Waals surface area contributed by atoms with Crippen molar-refractivity contribution < 1.29 is 51.8 Å². The molecule has 0 amide bonds. The first-order chi connectivity index (χ1) is 11.0. The van der Waals surface area contributed by atoms with Crippen molar-refractivity contribution in [1.82, 2.24) is 0 Å². The molecule has 0 spiro atoms. The molecule has 0 saturated heterocycles. The molecule has 1 N–H and O–H groups in total. The number of hydrogen-bond acceptors (Lipinski definition) is 5. The van der Waals surface area contributed by atoms with E-state index in [2.05, 4.69) is 16.1 Å². The zero-order valence-electron chi connectivity index (χ0n) is 15.3. The number of nitrogens with zero attached hydrogens (tertiary/aromatic N) is 1. The van der Waals surface area contributed by atoms with E-state index >= 15 is 0 Å². The van der Waals surface area contributed by atoms with Gasteiger partial charge in [-0.15, -0.1) is 0 Å². The van der Waals surface area contributed by atoms with Crippen LogP contribution in [0.25, 0.3) is 0 Å². The molecule has 0 aromatic carbocycles. The normalized spacial score (nSPS) is 12.2. The Morgan fingerprint density at radius 2 is 1.46 bits per heavy atom. The van der Waals surface area contributed by atoms with Crippen LogP contribution in [-0.2, 0) is 14.6 Å². The quantitative estimate of drug-likeness (QED) is 0.138. The molecule has 24 heavy (non-hydrogen) atoms. The molecule has 0 atom stereocenters. The summed E-state index contributed by atoms with van der Waals surface area (Å²) >= 11 is 0. The van der Waals surface area contributed by atoms with E-state index in [4.69, 9.17) is 4.55 Å². The summed E-state index contributed by atoms with van der Waals surface area (Å²) in [6, 6.07) is 0.